The number of aromatic nitrogens is 2. The molecule has 0 unspecified atom stereocenters. The van der Waals surface area contributed by atoms with Crippen LogP contribution in [0.25, 0.3) is 15.9 Å². The number of nitrogens with zero attached hydrogens (tertiary/aromatic N) is 2. The molecule has 3 rings (SSSR count). The lowest BCUT2D eigenvalue weighted by molar-refractivity contribution is 0.963. The van der Waals surface area contributed by atoms with Gasteiger partial charge in [0.2, 0.25) is 0 Å². The fourth-order valence-electron chi connectivity index (χ4n) is 1.82. The van der Waals surface area contributed by atoms with Gasteiger partial charge in [0, 0.05) is 0 Å². The Morgan fingerprint density at radius 3 is 2.63 bits per heavy atom. The first-order chi connectivity index (χ1) is 9.08. The van der Waals surface area contributed by atoms with Crippen molar-refractivity contribution >= 4 is 56.4 Å². The van der Waals surface area contributed by atoms with E-state index in [-0.39, 0.29) is 5.15 Å². The van der Waals surface area contributed by atoms with Crippen molar-refractivity contribution in [2.45, 2.75) is 0 Å². The fourth-order valence-corrected chi connectivity index (χ4v) is 3.41. The van der Waals surface area contributed by atoms with E-state index in [1.807, 2.05) is 0 Å². The molecule has 0 aliphatic rings. The van der Waals surface area contributed by atoms with Gasteiger partial charge >= 0.3 is 5.69 Å². The van der Waals surface area contributed by atoms with Crippen molar-refractivity contribution in [1.29, 1.82) is 0 Å². The largest absolute Gasteiger partial charge is 0.354 e. The highest BCUT2D eigenvalue weighted by atomic mass is 35.5. The fraction of sp³-hybridized carbons (Fsp3) is 0. The third-order valence-electron chi connectivity index (χ3n) is 2.59. The Morgan fingerprint density at radius 2 is 1.89 bits per heavy atom. The summed E-state index contributed by atoms with van der Waals surface area (Å²) in [5.74, 6) is 0. The van der Waals surface area contributed by atoms with Gasteiger partial charge in [-0.15, -0.1) is 11.3 Å². The Balaban J connectivity index is 2.48. The molecule has 2 heterocycles. The maximum absolute atomic E-state index is 12.1. The molecule has 96 valence electrons. The van der Waals surface area contributed by atoms with Gasteiger partial charge in [-0.2, -0.15) is 4.98 Å². The summed E-state index contributed by atoms with van der Waals surface area (Å²) in [5.41, 5.74) is 0.672. The first-order valence-electron chi connectivity index (χ1n) is 5.20. The number of fused-ring (bicyclic) bond motifs is 1. The van der Waals surface area contributed by atoms with Crippen LogP contribution >= 0.6 is 46.1 Å². The van der Waals surface area contributed by atoms with E-state index in [2.05, 4.69) is 4.98 Å². The number of hydrogen-bond donors (Lipinski definition) is 0. The van der Waals surface area contributed by atoms with Crippen molar-refractivity contribution in [3.63, 3.8) is 0 Å². The number of para-hydroxylation sites is 1. The lowest BCUT2D eigenvalue weighted by Crippen LogP contribution is -2.21. The predicted molar refractivity (Wildman–Crippen MR) is 80.2 cm³/mol. The van der Waals surface area contributed by atoms with E-state index in [9.17, 15) is 4.79 Å². The highest BCUT2D eigenvalue weighted by molar-refractivity contribution is 7.23. The number of thiophene rings is 1. The molecule has 0 amide bonds. The van der Waals surface area contributed by atoms with Crippen molar-refractivity contribution in [2.24, 2.45) is 0 Å². The van der Waals surface area contributed by atoms with Gasteiger partial charge in [0.25, 0.3) is 0 Å². The molecule has 19 heavy (non-hydrogen) atoms. The molecule has 0 bridgehead atoms. The molecular weight excluding hydrogens is 327 g/mol. The van der Waals surface area contributed by atoms with E-state index >= 15 is 0 Å². The molecule has 0 radical (unpaired) electrons. The summed E-state index contributed by atoms with van der Waals surface area (Å²) >= 11 is 19.4. The van der Waals surface area contributed by atoms with Gasteiger partial charge in [0.05, 0.1) is 25.3 Å². The summed E-state index contributed by atoms with van der Waals surface area (Å²) in [4.78, 5) is 15.9. The zero-order chi connectivity index (χ0) is 13.6. The molecule has 0 N–H and O–H groups in total. The van der Waals surface area contributed by atoms with E-state index in [1.54, 1.807) is 30.3 Å². The summed E-state index contributed by atoms with van der Waals surface area (Å²) in [7, 11) is 0. The molecule has 3 nitrogen and oxygen atoms in total. The van der Waals surface area contributed by atoms with Crippen LogP contribution in [0.5, 0.6) is 0 Å². The van der Waals surface area contributed by atoms with Crippen LogP contribution in [0.4, 0.5) is 0 Å². The topological polar surface area (TPSA) is 34.9 Å². The molecule has 0 aliphatic carbocycles. The molecule has 0 fully saturated rings. The van der Waals surface area contributed by atoms with Gasteiger partial charge in [0.1, 0.15) is 0 Å². The van der Waals surface area contributed by atoms with Crippen molar-refractivity contribution in [3.8, 4) is 5.69 Å². The first-order valence-corrected chi connectivity index (χ1v) is 7.15. The molecular formula is C12H5Cl3N2OS. The molecule has 3 aromatic rings. The normalized spacial score (nSPS) is 11.1. The number of hydrogen-bond acceptors (Lipinski definition) is 3. The Kier molecular flexibility index (Phi) is 3.27. The Hall–Kier alpha value is -1.07. The molecule has 1 aromatic carbocycles. The van der Waals surface area contributed by atoms with Crippen molar-refractivity contribution in [2.75, 3.05) is 0 Å². The lowest BCUT2D eigenvalue weighted by Gasteiger charge is -2.08. The minimum absolute atomic E-state index is 0.153. The molecule has 0 saturated carbocycles. The zero-order valence-corrected chi connectivity index (χ0v) is 12.3. The van der Waals surface area contributed by atoms with Gasteiger partial charge in [-0.1, -0.05) is 46.9 Å². The maximum Gasteiger partial charge on any atom is 0.354 e. The molecule has 0 atom stereocenters. The van der Waals surface area contributed by atoms with Gasteiger partial charge in [-0.3, -0.25) is 4.57 Å². The number of rotatable bonds is 1. The highest BCUT2D eigenvalue weighted by Gasteiger charge is 2.15. The van der Waals surface area contributed by atoms with E-state index in [4.69, 9.17) is 34.8 Å². The van der Waals surface area contributed by atoms with Crippen LogP contribution in [0.1, 0.15) is 0 Å². The average molecular weight is 332 g/mol. The SMILES string of the molecule is O=c1nc(Cl)c2sc(Cl)cc2n1-c1ccccc1Cl. The van der Waals surface area contributed by atoms with E-state index < -0.39 is 5.69 Å². The molecule has 0 saturated heterocycles. The number of halogens is 3. The van der Waals surface area contributed by atoms with Gasteiger partial charge in [-0.05, 0) is 18.2 Å². The summed E-state index contributed by atoms with van der Waals surface area (Å²) < 4.78 is 2.60. The van der Waals surface area contributed by atoms with E-state index in [0.717, 1.165) is 0 Å². The van der Waals surface area contributed by atoms with Crippen molar-refractivity contribution in [3.05, 3.63) is 55.3 Å². The van der Waals surface area contributed by atoms with Crippen LogP contribution in [-0.2, 0) is 0 Å². The Bertz CT molecular complexity index is 841. The second kappa shape index (κ2) is 4.80. The minimum atomic E-state index is -0.486. The summed E-state index contributed by atoms with van der Waals surface area (Å²) in [5, 5.41) is 0.609. The Labute approximate surface area is 127 Å². The third-order valence-corrected chi connectivity index (χ3v) is 4.55. The molecule has 0 aliphatic heterocycles. The number of benzene rings is 1. The minimum Gasteiger partial charge on any atom is -0.258 e. The summed E-state index contributed by atoms with van der Waals surface area (Å²) in [6.45, 7) is 0. The standard InChI is InChI=1S/C12H5Cl3N2OS/c13-6-3-1-2-4-7(6)17-8-5-9(14)19-10(8)11(15)16-12(17)18/h1-5H. The van der Waals surface area contributed by atoms with Gasteiger partial charge in [-0.25, -0.2) is 4.79 Å². The predicted octanol–water partition coefficient (Wildman–Crippen LogP) is 4.41. The van der Waals surface area contributed by atoms with Crippen LogP contribution in [0.2, 0.25) is 14.5 Å². The second-order valence-corrected chi connectivity index (χ2v) is 6.19. The van der Waals surface area contributed by atoms with Crippen LogP contribution in [0.15, 0.2) is 35.1 Å². The monoisotopic (exact) mass is 330 g/mol. The zero-order valence-electron chi connectivity index (χ0n) is 9.23. The summed E-state index contributed by atoms with van der Waals surface area (Å²) in [6, 6.07) is 8.71. The second-order valence-electron chi connectivity index (χ2n) is 3.74. The highest BCUT2D eigenvalue weighted by Crippen LogP contribution is 2.34. The Morgan fingerprint density at radius 1 is 1.16 bits per heavy atom. The van der Waals surface area contributed by atoms with Gasteiger partial charge < -0.3 is 0 Å². The maximum atomic E-state index is 12.1. The van der Waals surface area contributed by atoms with Crippen LogP contribution in [0, 0.1) is 0 Å². The van der Waals surface area contributed by atoms with E-state index in [1.165, 1.54) is 15.9 Å². The van der Waals surface area contributed by atoms with E-state index in [0.29, 0.717) is 25.3 Å². The summed E-state index contributed by atoms with van der Waals surface area (Å²) in [6.07, 6.45) is 0. The van der Waals surface area contributed by atoms with Crippen LogP contribution in [-0.4, -0.2) is 9.55 Å². The average Bonchev–Trinajstić information content (AvgIpc) is 2.73. The first kappa shape index (κ1) is 12.9. The smallest absolute Gasteiger partial charge is 0.258 e. The lowest BCUT2D eigenvalue weighted by atomic mass is 10.3. The third kappa shape index (κ3) is 2.15. The molecule has 2 aromatic heterocycles. The quantitative estimate of drug-likeness (QED) is 0.619. The molecule has 0 spiro atoms. The molecule has 7 heteroatoms. The van der Waals surface area contributed by atoms with Crippen LogP contribution < -0.4 is 5.69 Å². The van der Waals surface area contributed by atoms with Crippen molar-refractivity contribution in [1.82, 2.24) is 9.55 Å². The van der Waals surface area contributed by atoms with Gasteiger partial charge in [0.15, 0.2) is 5.15 Å². The van der Waals surface area contributed by atoms with Crippen molar-refractivity contribution < 1.29 is 0 Å². The van der Waals surface area contributed by atoms with Crippen LogP contribution in [0.3, 0.4) is 0 Å².